The maximum absolute atomic E-state index is 12.4. The molecule has 2 rings (SSSR count). The van der Waals surface area contributed by atoms with E-state index in [0.717, 1.165) is 0 Å². The Kier molecular flexibility index (Phi) is 8.60. The molecule has 0 saturated heterocycles. The zero-order valence-electron chi connectivity index (χ0n) is 20.6. The Labute approximate surface area is 194 Å². The molecule has 0 amide bonds. The number of hydrogen-bond donors (Lipinski definition) is 0. The van der Waals surface area contributed by atoms with Gasteiger partial charge in [-0.1, -0.05) is 81.4 Å². The molecule has 0 aromatic heterocycles. The summed E-state index contributed by atoms with van der Waals surface area (Å²) in [7, 11) is -2.65. The van der Waals surface area contributed by atoms with Crippen LogP contribution in [0.5, 0.6) is 0 Å². The molecular weight excluding hydrogens is 416 g/mol. The Morgan fingerprint density at radius 1 is 0.844 bits per heavy atom. The molecule has 0 heterocycles. The standard InChI is InChI=1S/C27H38O4Si/c1-21(18-19-22(28)20-25(29)30-26(2,3)4)31-32(27(5,6)7,23-14-10-8-11-15-23)24-16-12-9-13-17-24/h8-17,21H,18-20H2,1-7H3/t21-/m1/s1. The number of ether oxygens (including phenoxy) is 1. The van der Waals surface area contributed by atoms with Crippen LogP contribution < -0.4 is 10.4 Å². The van der Waals surface area contributed by atoms with Crippen LogP contribution in [0.15, 0.2) is 60.7 Å². The molecule has 0 aliphatic rings. The summed E-state index contributed by atoms with van der Waals surface area (Å²) in [4.78, 5) is 24.4. The van der Waals surface area contributed by atoms with Crippen molar-refractivity contribution in [1.82, 2.24) is 0 Å². The zero-order valence-corrected chi connectivity index (χ0v) is 21.6. The lowest BCUT2D eigenvalue weighted by Crippen LogP contribution is -2.67. The van der Waals surface area contributed by atoms with Gasteiger partial charge >= 0.3 is 5.97 Å². The van der Waals surface area contributed by atoms with Gasteiger partial charge in [-0.15, -0.1) is 0 Å². The normalized spacial score (nSPS) is 13.5. The maximum Gasteiger partial charge on any atom is 0.313 e. The molecule has 0 N–H and O–H groups in total. The number of esters is 1. The van der Waals surface area contributed by atoms with Crippen LogP contribution in [0, 0.1) is 0 Å². The molecule has 0 radical (unpaired) electrons. The second-order valence-corrected chi connectivity index (χ2v) is 14.7. The van der Waals surface area contributed by atoms with E-state index in [9.17, 15) is 9.59 Å². The quantitative estimate of drug-likeness (QED) is 0.303. The average Bonchev–Trinajstić information content (AvgIpc) is 2.69. The van der Waals surface area contributed by atoms with Gasteiger partial charge in [0.05, 0.1) is 0 Å². The fraction of sp³-hybridized carbons (Fsp3) is 0.481. The summed E-state index contributed by atoms with van der Waals surface area (Å²) >= 11 is 0. The Bertz CT molecular complexity index is 840. The van der Waals surface area contributed by atoms with Crippen LogP contribution in [-0.4, -0.2) is 31.8 Å². The van der Waals surface area contributed by atoms with Gasteiger partial charge in [-0.25, -0.2) is 0 Å². The third kappa shape index (κ3) is 6.88. The monoisotopic (exact) mass is 454 g/mol. The van der Waals surface area contributed by atoms with Crippen molar-refractivity contribution in [3.8, 4) is 0 Å². The van der Waals surface area contributed by atoms with Gasteiger partial charge in [-0.2, -0.15) is 0 Å². The van der Waals surface area contributed by atoms with E-state index in [0.29, 0.717) is 12.8 Å². The van der Waals surface area contributed by atoms with Crippen molar-refractivity contribution in [1.29, 1.82) is 0 Å². The Balaban J connectivity index is 2.22. The van der Waals surface area contributed by atoms with Gasteiger partial charge in [0.1, 0.15) is 17.8 Å². The molecule has 0 aliphatic heterocycles. The van der Waals surface area contributed by atoms with Gasteiger partial charge in [0.2, 0.25) is 0 Å². The average molecular weight is 455 g/mol. The molecule has 5 heteroatoms. The number of hydrogen-bond acceptors (Lipinski definition) is 4. The maximum atomic E-state index is 12.4. The number of rotatable bonds is 9. The van der Waals surface area contributed by atoms with Crippen molar-refractivity contribution < 1.29 is 18.8 Å². The number of benzene rings is 2. The minimum Gasteiger partial charge on any atom is -0.460 e. The molecule has 4 nitrogen and oxygen atoms in total. The van der Waals surface area contributed by atoms with Crippen LogP contribution in [0.1, 0.15) is 67.7 Å². The van der Waals surface area contributed by atoms with Crippen LogP contribution >= 0.6 is 0 Å². The lowest BCUT2D eigenvalue weighted by atomic mass is 10.1. The predicted molar refractivity (Wildman–Crippen MR) is 133 cm³/mol. The number of carbonyl (C=O) groups is 2. The van der Waals surface area contributed by atoms with Gasteiger partial charge in [0.15, 0.2) is 0 Å². The summed E-state index contributed by atoms with van der Waals surface area (Å²) in [5, 5.41) is 2.31. The molecule has 0 saturated carbocycles. The van der Waals surface area contributed by atoms with Gasteiger partial charge in [-0.05, 0) is 49.5 Å². The van der Waals surface area contributed by atoms with Crippen molar-refractivity contribution in [2.24, 2.45) is 0 Å². The lowest BCUT2D eigenvalue weighted by molar-refractivity contribution is -0.156. The van der Waals surface area contributed by atoms with E-state index >= 15 is 0 Å². The number of Topliss-reactive ketones (excluding diaryl/α,β-unsaturated/α-hetero) is 1. The molecule has 2 aromatic rings. The van der Waals surface area contributed by atoms with E-state index in [1.807, 2.05) is 19.1 Å². The molecular formula is C27H38O4Si. The Hall–Kier alpha value is -2.24. The smallest absolute Gasteiger partial charge is 0.313 e. The SMILES string of the molecule is C[C@H](CCC(=O)CC(=O)OC(C)(C)C)O[Si](c1ccccc1)(c1ccccc1)C(C)(C)C. The van der Waals surface area contributed by atoms with Gasteiger partial charge in [-0.3, -0.25) is 9.59 Å². The highest BCUT2D eigenvalue weighted by molar-refractivity contribution is 6.99. The molecule has 0 unspecified atom stereocenters. The van der Waals surface area contributed by atoms with Gasteiger partial charge < -0.3 is 9.16 Å². The van der Waals surface area contributed by atoms with E-state index < -0.39 is 19.9 Å². The van der Waals surface area contributed by atoms with Crippen molar-refractivity contribution in [3.05, 3.63) is 60.7 Å². The van der Waals surface area contributed by atoms with E-state index in [2.05, 4.69) is 69.3 Å². The summed E-state index contributed by atoms with van der Waals surface area (Å²) in [6.07, 6.45) is 0.525. The van der Waals surface area contributed by atoms with Crippen LogP contribution in [0.2, 0.25) is 5.04 Å². The number of carbonyl (C=O) groups excluding carboxylic acids is 2. The molecule has 1 atom stereocenters. The summed E-state index contributed by atoms with van der Waals surface area (Å²) in [5.41, 5.74) is -0.586. The molecule has 32 heavy (non-hydrogen) atoms. The van der Waals surface area contributed by atoms with E-state index in [1.165, 1.54) is 10.4 Å². The fourth-order valence-electron chi connectivity index (χ4n) is 4.04. The second-order valence-electron chi connectivity index (χ2n) is 10.4. The summed E-state index contributed by atoms with van der Waals surface area (Å²) in [6, 6.07) is 20.9. The first-order valence-corrected chi connectivity index (χ1v) is 13.3. The highest BCUT2D eigenvalue weighted by atomic mass is 28.4. The first-order valence-electron chi connectivity index (χ1n) is 11.4. The van der Waals surface area contributed by atoms with Crippen LogP contribution in [0.3, 0.4) is 0 Å². The van der Waals surface area contributed by atoms with E-state index in [-0.39, 0.29) is 23.3 Å². The van der Waals surface area contributed by atoms with Crippen LogP contribution in [0.4, 0.5) is 0 Å². The number of ketones is 1. The van der Waals surface area contributed by atoms with E-state index in [4.69, 9.17) is 9.16 Å². The second kappa shape index (κ2) is 10.6. The molecule has 0 bridgehead atoms. The van der Waals surface area contributed by atoms with Crippen molar-refractivity contribution in [2.45, 2.75) is 84.5 Å². The lowest BCUT2D eigenvalue weighted by Gasteiger charge is -2.44. The predicted octanol–water partition coefficient (Wildman–Crippen LogP) is 5.03. The summed E-state index contributed by atoms with van der Waals surface area (Å²) in [6.45, 7) is 14.1. The largest absolute Gasteiger partial charge is 0.460 e. The van der Waals surface area contributed by atoms with Crippen LogP contribution in [-0.2, 0) is 18.8 Å². The Morgan fingerprint density at radius 2 is 1.31 bits per heavy atom. The van der Waals surface area contributed by atoms with Crippen molar-refractivity contribution >= 4 is 30.4 Å². The molecule has 0 aliphatic carbocycles. The molecule has 2 aromatic carbocycles. The van der Waals surface area contributed by atoms with Crippen molar-refractivity contribution in [3.63, 3.8) is 0 Å². The minimum atomic E-state index is -2.65. The van der Waals surface area contributed by atoms with Gasteiger partial charge in [0, 0.05) is 12.5 Å². The third-order valence-corrected chi connectivity index (χ3v) is 10.5. The fourth-order valence-corrected chi connectivity index (χ4v) is 8.78. The molecule has 174 valence electrons. The summed E-state index contributed by atoms with van der Waals surface area (Å²) in [5.74, 6) is -0.583. The highest BCUT2D eigenvalue weighted by Gasteiger charge is 2.50. The summed E-state index contributed by atoms with van der Waals surface area (Å²) < 4.78 is 12.3. The molecule has 0 fully saturated rings. The first kappa shape index (κ1) is 26.0. The van der Waals surface area contributed by atoms with E-state index in [1.54, 1.807) is 20.8 Å². The first-order chi connectivity index (χ1) is 14.8. The van der Waals surface area contributed by atoms with Gasteiger partial charge in [0.25, 0.3) is 8.32 Å². The van der Waals surface area contributed by atoms with Crippen LogP contribution in [0.25, 0.3) is 0 Å². The third-order valence-electron chi connectivity index (χ3n) is 5.39. The topological polar surface area (TPSA) is 52.6 Å². The minimum absolute atomic E-state index is 0.114. The Morgan fingerprint density at radius 3 is 1.72 bits per heavy atom. The zero-order chi connectivity index (χ0) is 24.0. The van der Waals surface area contributed by atoms with Crippen molar-refractivity contribution in [2.75, 3.05) is 0 Å². The molecule has 0 spiro atoms. The highest BCUT2D eigenvalue weighted by Crippen LogP contribution is 2.37.